The number of rotatable bonds is 5. The molecule has 0 saturated carbocycles. The summed E-state index contributed by atoms with van der Waals surface area (Å²) < 4.78 is 5.84. The number of nitrogens with zero attached hydrogens (tertiary/aromatic N) is 2. The number of hydrogen-bond acceptors (Lipinski definition) is 3. The van der Waals surface area contributed by atoms with Crippen LogP contribution in [0.4, 0.5) is 5.69 Å². The van der Waals surface area contributed by atoms with Gasteiger partial charge in [-0.15, -0.1) is 0 Å². The monoisotopic (exact) mass is 338 g/mol. The van der Waals surface area contributed by atoms with E-state index in [1.54, 1.807) is 0 Å². The van der Waals surface area contributed by atoms with Crippen molar-refractivity contribution in [2.75, 3.05) is 32.0 Å². The van der Waals surface area contributed by atoms with Crippen molar-refractivity contribution in [2.45, 2.75) is 12.8 Å². The normalized spacial score (nSPS) is 16.6. The highest BCUT2D eigenvalue weighted by atomic mass is 16.5. The first-order valence-corrected chi connectivity index (χ1v) is 8.77. The largest absolute Gasteiger partial charge is 0.457 e. The fraction of sp³-hybridized carbons (Fsp3) is 0.350. The van der Waals surface area contributed by atoms with Crippen LogP contribution in [0.1, 0.15) is 12.8 Å². The molecular formula is C20H26N4O. The molecule has 0 atom stereocenters. The average Bonchev–Trinajstić information content (AvgIpc) is 2.62. The van der Waals surface area contributed by atoms with Crippen LogP contribution in [-0.2, 0) is 0 Å². The minimum Gasteiger partial charge on any atom is -0.457 e. The highest BCUT2D eigenvalue weighted by Gasteiger charge is 2.16. The number of ether oxygens (including phenoxy) is 1. The number of nitrogens with one attached hydrogen (secondary N) is 1. The van der Waals surface area contributed by atoms with Crippen molar-refractivity contribution in [3.8, 4) is 11.5 Å². The highest BCUT2D eigenvalue weighted by molar-refractivity contribution is 5.92. The molecule has 0 unspecified atom stereocenters. The Hall–Kier alpha value is -2.53. The Labute approximate surface area is 149 Å². The van der Waals surface area contributed by atoms with Gasteiger partial charge in [-0.2, -0.15) is 0 Å². The van der Waals surface area contributed by atoms with Gasteiger partial charge < -0.3 is 20.7 Å². The molecule has 0 radical (unpaired) electrons. The Morgan fingerprint density at radius 3 is 2.60 bits per heavy atom. The van der Waals surface area contributed by atoms with Gasteiger partial charge in [-0.25, -0.2) is 0 Å². The number of benzene rings is 2. The van der Waals surface area contributed by atoms with E-state index < -0.39 is 0 Å². The minimum atomic E-state index is 0.454. The Balaban J connectivity index is 1.55. The van der Waals surface area contributed by atoms with Gasteiger partial charge in [-0.3, -0.25) is 4.99 Å². The summed E-state index contributed by atoms with van der Waals surface area (Å²) in [6.45, 7) is 3.08. The summed E-state index contributed by atoms with van der Waals surface area (Å²) in [5, 5.41) is 3.15. The zero-order valence-corrected chi connectivity index (χ0v) is 14.7. The summed E-state index contributed by atoms with van der Waals surface area (Å²) in [5.41, 5.74) is 6.91. The van der Waals surface area contributed by atoms with Crippen molar-refractivity contribution in [1.82, 2.24) is 4.90 Å². The fourth-order valence-corrected chi connectivity index (χ4v) is 2.92. The molecule has 1 saturated heterocycles. The first-order chi connectivity index (χ1) is 12.2. The number of piperidine rings is 1. The summed E-state index contributed by atoms with van der Waals surface area (Å²) >= 11 is 0. The van der Waals surface area contributed by atoms with E-state index in [0.29, 0.717) is 11.9 Å². The zero-order chi connectivity index (χ0) is 17.5. The topological polar surface area (TPSA) is 62.9 Å². The summed E-state index contributed by atoms with van der Waals surface area (Å²) in [5.74, 6) is 2.66. The van der Waals surface area contributed by atoms with Crippen molar-refractivity contribution >= 4 is 11.6 Å². The Kier molecular flexibility index (Phi) is 5.90. The maximum Gasteiger partial charge on any atom is 0.193 e. The second-order valence-electron chi connectivity index (χ2n) is 6.54. The highest BCUT2D eigenvalue weighted by Crippen LogP contribution is 2.23. The molecule has 1 aliphatic rings. The number of hydrogen-bond donors (Lipinski definition) is 2. The molecule has 1 heterocycles. The van der Waals surface area contributed by atoms with Gasteiger partial charge in [-0.05, 0) is 63.2 Å². The molecule has 0 amide bonds. The Morgan fingerprint density at radius 1 is 1.12 bits per heavy atom. The molecule has 5 heteroatoms. The van der Waals surface area contributed by atoms with Gasteiger partial charge in [0.15, 0.2) is 5.96 Å². The molecular weight excluding hydrogens is 312 g/mol. The van der Waals surface area contributed by atoms with E-state index in [4.69, 9.17) is 10.5 Å². The lowest BCUT2D eigenvalue weighted by Crippen LogP contribution is -2.32. The van der Waals surface area contributed by atoms with Crippen LogP contribution in [0.15, 0.2) is 59.6 Å². The predicted octanol–water partition coefficient (Wildman–Crippen LogP) is 3.55. The van der Waals surface area contributed by atoms with Gasteiger partial charge in [0.25, 0.3) is 0 Å². The molecule has 0 bridgehead atoms. The SMILES string of the molecule is CN1CCC(CN=C(N)Nc2cccc(Oc3ccccc3)c2)CC1. The van der Waals surface area contributed by atoms with Crippen LogP contribution in [0.3, 0.4) is 0 Å². The Bertz CT molecular complexity index is 694. The van der Waals surface area contributed by atoms with E-state index in [1.807, 2.05) is 54.6 Å². The van der Waals surface area contributed by atoms with Crippen molar-refractivity contribution in [3.63, 3.8) is 0 Å². The van der Waals surface area contributed by atoms with E-state index in [2.05, 4.69) is 22.3 Å². The first kappa shape index (κ1) is 17.3. The lowest BCUT2D eigenvalue weighted by Gasteiger charge is -2.27. The fourth-order valence-electron chi connectivity index (χ4n) is 2.92. The smallest absolute Gasteiger partial charge is 0.193 e. The Morgan fingerprint density at radius 2 is 1.84 bits per heavy atom. The van der Waals surface area contributed by atoms with Crippen LogP contribution in [0.5, 0.6) is 11.5 Å². The molecule has 0 spiro atoms. The standard InChI is InChI=1S/C20H26N4O/c1-24-12-10-16(11-13-24)15-22-20(21)23-17-6-5-9-19(14-17)25-18-7-3-2-4-8-18/h2-9,14,16H,10-13,15H2,1H3,(H3,21,22,23). The second-order valence-corrected chi connectivity index (χ2v) is 6.54. The van der Waals surface area contributed by atoms with Crippen LogP contribution in [0.2, 0.25) is 0 Å². The molecule has 0 aliphatic carbocycles. The molecule has 3 N–H and O–H groups in total. The average molecular weight is 338 g/mol. The summed E-state index contributed by atoms with van der Waals surface area (Å²) in [6, 6.07) is 17.5. The molecule has 2 aromatic carbocycles. The van der Waals surface area contributed by atoms with Gasteiger partial charge in [0.2, 0.25) is 0 Å². The van der Waals surface area contributed by atoms with Crippen LogP contribution in [0.25, 0.3) is 0 Å². The van der Waals surface area contributed by atoms with E-state index in [1.165, 1.54) is 12.8 Å². The first-order valence-electron chi connectivity index (χ1n) is 8.77. The van der Waals surface area contributed by atoms with Crippen molar-refractivity contribution in [2.24, 2.45) is 16.6 Å². The summed E-state index contributed by atoms with van der Waals surface area (Å²) in [6.07, 6.45) is 2.38. The third-order valence-corrected chi connectivity index (χ3v) is 4.44. The van der Waals surface area contributed by atoms with E-state index in [0.717, 1.165) is 36.8 Å². The van der Waals surface area contributed by atoms with Gasteiger partial charge >= 0.3 is 0 Å². The molecule has 2 aromatic rings. The molecule has 1 fully saturated rings. The van der Waals surface area contributed by atoms with Gasteiger partial charge in [0, 0.05) is 18.3 Å². The minimum absolute atomic E-state index is 0.454. The molecule has 132 valence electrons. The third kappa shape index (κ3) is 5.50. The third-order valence-electron chi connectivity index (χ3n) is 4.44. The maximum absolute atomic E-state index is 6.04. The number of aliphatic imine (C=N–C) groups is 1. The number of guanidine groups is 1. The van der Waals surface area contributed by atoms with E-state index >= 15 is 0 Å². The summed E-state index contributed by atoms with van der Waals surface area (Å²) in [7, 11) is 2.17. The molecule has 5 nitrogen and oxygen atoms in total. The maximum atomic E-state index is 6.04. The molecule has 0 aromatic heterocycles. The van der Waals surface area contributed by atoms with Crippen molar-refractivity contribution < 1.29 is 4.74 Å². The van der Waals surface area contributed by atoms with Crippen molar-refractivity contribution in [1.29, 1.82) is 0 Å². The van der Waals surface area contributed by atoms with Crippen molar-refractivity contribution in [3.05, 3.63) is 54.6 Å². The molecule has 25 heavy (non-hydrogen) atoms. The van der Waals surface area contributed by atoms with E-state index in [9.17, 15) is 0 Å². The number of para-hydroxylation sites is 1. The van der Waals surface area contributed by atoms with Crippen LogP contribution in [0, 0.1) is 5.92 Å². The van der Waals surface area contributed by atoms with Gasteiger partial charge in [-0.1, -0.05) is 24.3 Å². The second kappa shape index (κ2) is 8.53. The number of nitrogens with two attached hydrogens (primary N) is 1. The predicted molar refractivity (Wildman–Crippen MR) is 103 cm³/mol. The lowest BCUT2D eigenvalue weighted by atomic mass is 9.97. The van der Waals surface area contributed by atoms with Crippen LogP contribution < -0.4 is 15.8 Å². The quantitative estimate of drug-likeness (QED) is 0.646. The van der Waals surface area contributed by atoms with Gasteiger partial charge in [0.05, 0.1) is 0 Å². The molecule has 3 rings (SSSR count). The lowest BCUT2D eigenvalue weighted by molar-refractivity contribution is 0.224. The van der Waals surface area contributed by atoms with Crippen LogP contribution in [-0.4, -0.2) is 37.5 Å². The zero-order valence-electron chi connectivity index (χ0n) is 14.7. The van der Waals surface area contributed by atoms with Crippen LogP contribution >= 0.6 is 0 Å². The number of likely N-dealkylation sites (tertiary alicyclic amines) is 1. The molecule has 1 aliphatic heterocycles. The number of anilines is 1. The van der Waals surface area contributed by atoms with Gasteiger partial charge in [0.1, 0.15) is 11.5 Å². The summed E-state index contributed by atoms with van der Waals surface area (Å²) in [4.78, 5) is 6.87. The van der Waals surface area contributed by atoms with E-state index in [-0.39, 0.29) is 0 Å².